The van der Waals surface area contributed by atoms with Crippen LogP contribution in [-0.4, -0.2) is 60.9 Å². The van der Waals surface area contributed by atoms with Gasteiger partial charge in [0.1, 0.15) is 0 Å². The Hall–Kier alpha value is -1.88. The zero-order valence-electron chi connectivity index (χ0n) is 16.2. The predicted octanol–water partition coefficient (Wildman–Crippen LogP) is 2.62. The molecule has 2 amide bonds. The van der Waals surface area contributed by atoms with E-state index >= 15 is 0 Å². The van der Waals surface area contributed by atoms with Gasteiger partial charge >= 0.3 is 0 Å². The van der Waals surface area contributed by atoms with Gasteiger partial charge in [-0.05, 0) is 50.3 Å². The molecule has 3 atom stereocenters. The summed E-state index contributed by atoms with van der Waals surface area (Å²) >= 11 is 0. The van der Waals surface area contributed by atoms with E-state index in [1.54, 1.807) is 0 Å². The molecule has 1 aromatic rings. The Morgan fingerprint density at radius 1 is 1.15 bits per heavy atom. The van der Waals surface area contributed by atoms with E-state index in [4.69, 9.17) is 0 Å². The van der Waals surface area contributed by atoms with E-state index in [0.717, 1.165) is 38.2 Å². The molecule has 0 N–H and O–H groups in total. The quantitative estimate of drug-likeness (QED) is 0.832. The van der Waals surface area contributed by atoms with Crippen molar-refractivity contribution in [3.8, 4) is 0 Å². The van der Waals surface area contributed by atoms with Crippen LogP contribution in [0, 0.1) is 11.8 Å². The number of amides is 2. The lowest BCUT2D eigenvalue weighted by Crippen LogP contribution is -2.54. The summed E-state index contributed by atoms with van der Waals surface area (Å²) in [5, 5.41) is 0. The van der Waals surface area contributed by atoms with E-state index in [-0.39, 0.29) is 17.9 Å². The van der Waals surface area contributed by atoms with Gasteiger partial charge in [0, 0.05) is 25.3 Å². The molecule has 2 saturated heterocycles. The molecule has 0 saturated carbocycles. The number of likely N-dealkylation sites (N-methyl/N-ethyl adjacent to an activating group) is 1. The molecule has 0 aliphatic carbocycles. The summed E-state index contributed by atoms with van der Waals surface area (Å²) in [4.78, 5) is 31.5. The number of likely N-dealkylation sites (tertiary alicyclic amines) is 1. The lowest BCUT2D eigenvalue weighted by Gasteiger charge is -2.39. The average Bonchev–Trinajstić information content (AvgIpc) is 2.61. The second kappa shape index (κ2) is 8.21. The molecule has 142 valence electrons. The fourth-order valence-corrected chi connectivity index (χ4v) is 4.42. The minimum atomic E-state index is -0.215. The largest absolute Gasteiger partial charge is 0.341 e. The minimum Gasteiger partial charge on any atom is -0.341 e. The standard InChI is InChI=1S/C21H31N3O2/c1-16-12-17(2)14-23(13-16)20(25)15-22(3)19-10-7-11-24(21(19)26)18-8-5-4-6-9-18/h4-6,8-9,16-17,19H,7,10-15H2,1-3H3. The van der Waals surface area contributed by atoms with Crippen LogP contribution < -0.4 is 4.90 Å². The first-order valence-electron chi connectivity index (χ1n) is 9.80. The summed E-state index contributed by atoms with van der Waals surface area (Å²) in [6, 6.07) is 9.61. The molecule has 1 aromatic carbocycles. The fraction of sp³-hybridized carbons (Fsp3) is 0.619. The van der Waals surface area contributed by atoms with Crippen molar-refractivity contribution in [1.82, 2.24) is 9.80 Å². The Bertz CT molecular complexity index is 623. The van der Waals surface area contributed by atoms with Crippen LogP contribution in [0.25, 0.3) is 0 Å². The molecule has 3 unspecified atom stereocenters. The fourth-order valence-electron chi connectivity index (χ4n) is 4.42. The number of anilines is 1. The average molecular weight is 357 g/mol. The number of piperidine rings is 2. The summed E-state index contributed by atoms with van der Waals surface area (Å²) in [5.41, 5.74) is 0.945. The molecule has 2 heterocycles. The van der Waals surface area contributed by atoms with Crippen molar-refractivity contribution in [3.63, 3.8) is 0 Å². The molecule has 0 aromatic heterocycles. The Balaban J connectivity index is 1.62. The number of carbonyl (C=O) groups excluding carboxylic acids is 2. The number of benzene rings is 1. The van der Waals surface area contributed by atoms with Crippen molar-refractivity contribution in [2.45, 2.75) is 39.2 Å². The maximum absolute atomic E-state index is 13.0. The van der Waals surface area contributed by atoms with E-state index in [0.29, 0.717) is 18.4 Å². The van der Waals surface area contributed by atoms with Crippen molar-refractivity contribution < 1.29 is 9.59 Å². The van der Waals surface area contributed by atoms with E-state index in [1.807, 2.05) is 52.1 Å². The van der Waals surface area contributed by atoms with Gasteiger partial charge in [-0.3, -0.25) is 14.5 Å². The zero-order chi connectivity index (χ0) is 18.7. The molecule has 2 aliphatic heterocycles. The maximum Gasteiger partial charge on any atom is 0.244 e. The second-order valence-corrected chi connectivity index (χ2v) is 8.14. The Labute approximate surface area is 156 Å². The topological polar surface area (TPSA) is 43.9 Å². The second-order valence-electron chi connectivity index (χ2n) is 8.14. The van der Waals surface area contributed by atoms with Gasteiger partial charge in [-0.25, -0.2) is 0 Å². The molecular formula is C21H31N3O2. The van der Waals surface area contributed by atoms with Crippen LogP contribution >= 0.6 is 0 Å². The van der Waals surface area contributed by atoms with Crippen LogP contribution in [0.3, 0.4) is 0 Å². The summed E-state index contributed by atoms with van der Waals surface area (Å²) in [7, 11) is 1.91. The molecule has 0 bridgehead atoms. The summed E-state index contributed by atoms with van der Waals surface area (Å²) in [6.45, 7) is 7.17. The SMILES string of the molecule is CC1CC(C)CN(C(=O)CN(C)C2CCCN(c3ccccc3)C2=O)C1. The third kappa shape index (κ3) is 4.26. The molecule has 0 radical (unpaired) electrons. The van der Waals surface area contributed by atoms with E-state index in [2.05, 4.69) is 13.8 Å². The van der Waals surface area contributed by atoms with Gasteiger partial charge in [0.05, 0.1) is 12.6 Å². The number of para-hydroxylation sites is 1. The van der Waals surface area contributed by atoms with Gasteiger partial charge in [-0.1, -0.05) is 32.0 Å². The third-order valence-corrected chi connectivity index (χ3v) is 5.62. The molecule has 3 rings (SSSR count). The van der Waals surface area contributed by atoms with Gasteiger partial charge in [-0.2, -0.15) is 0 Å². The monoisotopic (exact) mass is 357 g/mol. The highest BCUT2D eigenvalue weighted by atomic mass is 16.2. The van der Waals surface area contributed by atoms with Gasteiger partial charge in [0.2, 0.25) is 11.8 Å². The van der Waals surface area contributed by atoms with Gasteiger partial charge in [0.15, 0.2) is 0 Å². The lowest BCUT2D eigenvalue weighted by molar-refractivity contribution is -0.136. The van der Waals surface area contributed by atoms with Crippen LogP contribution in [0.2, 0.25) is 0 Å². The smallest absolute Gasteiger partial charge is 0.244 e. The van der Waals surface area contributed by atoms with Crippen LogP contribution in [-0.2, 0) is 9.59 Å². The predicted molar refractivity (Wildman–Crippen MR) is 104 cm³/mol. The first-order valence-corrected chi connectivity index (χ1v) is 9.80. The Morgan fingerprint density at radius 2 is 1.81 bits per heavy atom. The van der Waals surface area contributed by atoms with E-state index in [1.165, 1.54) is 6.42 Å². The minimum absolute atomic E-state index is 0.109. The normalized spacial score (nSPS) is 27.1. The van der Waals surface area contributed by atoms with E-state index in [9.17, 15) is 9.59 Å². The van der Waals surface area contributed by atoms with Gasteiger partial charge in [-0.15, -0.1) is 0 Å². The van der Waals surface area contributed by atoms with Crippen molar-refractivity contribution in [3.05, 3.63) is 30.3 Å². The third-order valence-electron chi connectivity index (χ3n) is 5.62. The molecule has 5 nitrogen and oxygen atoms in total. The summed E-state index contributed by atoms with van der Waals surface area (Å²) in [5.74, 6) is 1.37. The lowest BCUT2D eigenvalue weighted by atomic mass is 9.92. The van der Waals surface area contributed by atoms with Crippen molar-refractivity contribution >= 4 is 17.5 Å². The summed E-state index contributed by atoms with van der Waals surface area (Å²) < 4.78 is 0. The van der Waals surface area contributed by atoms with Crippen LogP contribution in [0.1, 0.15) is 33.1 Å². The first kappa shape index (κ1) is 18.9. The highest BCUT2D eigenvalue weighted by molar-refractivity contribution is 5.98. The molecular weight excluding hydrogens is 326 g/mol. The molecule has 5 heteroatoms. The van der Waals surface area contributed by atoms with Crippen molar-refractivity contribution in [1.29, 1.82) is 0 Å². The number of carbonyl (C=O) groups is 2. The van der Waals surface area contributed by atoms with Gasteiger partial charge in [0.25, 0.3) is 0 Å². The summed E-state index contributed by atoms with van der Waals surface area (Å²) in [6.07, 6.45) is 2.97. The van der Waals surface area contributed by atoms with Crippen LogP contribution in [0.4, 0.5) is 5.69 Å². The number of rotatable bonds is 4. The number of nitrogens with zero attached hydrogens (tertiary/aromatic N) is 3. The molecule has 2 fully saturated rings. The van der Waals surface area contributed by atoms with Gasteiger partial charge < -0.3 is 9.80 Å². The van der Waals surface area contributed by atoms with Crippen molar-refractivity contribution in [2.24, 2.45) is 11.8 Å². The molecule has 26 heavy (non-hydrogen) atoms. The number of hydrogen-bond donors (Lipinski definition) is 0. The first-order chi connectivity index (χ1) is 12.5. The van der Waals surface area contributed by atoms with Crippen molar-refractivity contribution in [2.75, 3.05) is 38.1 Å². The Kier molecular flexibility index (Phi) is 5.97. The molecule has 2 aliphatic rings. The highest BCUT2D eigenvalue weighted by Crippen LogP contribution is 2.24. The highest BCUT2D eigenvalue weighted by Gasteiger charge is 2.34. The maximum atomic E-state index is 13.0. The molecule has 0 spiro atoms. The van der Waals surface area contributed by atoms with E-state index < -0.39 is 0 Å². The zero-order valence-corrected chi connectivity index (χ0v) is 16.2. The van der Waals surface area contributed by atoms with Crippen LogP contribution in [0.15, 0.2) is 30.3 Å². The Morgan fingerprint density at radius 3 is 2.46 bits per heavy atom. The number of hydrogen-bond acceptors (Lipinski definition) is 3. The van der Waals surface area contributed by atoms with Crippen LogP contribution in [0.5, 0.6) is 0 Å².